The lowest BCUT2D eigenvalue weighted by atomic mass is 9.79. The summed E-state index contributed by atoms with van der Waals surface area (Å²) >= 11 is 0. The SMILES string of the molecule is Cc1cc(B(O)O)cc([N+](=O)[O-])c1. The van der Waals surface area contributed by atoms with Crippen molar-refractivity contribution in [1.82, 2.24) is 0 Å². The largest absolute Gasteiger partial charge is 0.488 e. The molecule has 1 aromatic rings. The first-order valence-corrected chi connectivity index (χ1v) is 3.63. The van der Waals surface area contributed by atoms with Gasteiger partial charge >= 0.3 is 7.12 Å². The Morgan fingerprint density at radius 1 is 1.38 bits per heavy atom. The van der Waals surface area contributed by atoms with E-state index in [9.17, 15) is 10.1 Å². The van der Waals surface area contributed by atoms with Gasteiger partial charge in [-0.15, -0.1) is 0 Å². The normalized spacial score (nSPS) is 9.77. The van der Waals surface area contributed by atoms with Crippen molar-refractivity contribution in [1.29, 1.82) is 0 Å². The first-order valence-electron chi connectivity index (χ1n) is 3.63. The molecule has 0 bridgehead atoms. The minimum atomic E-state index is -1.67. The van der Waals surface area contributed by atoms with Gasteiger partial charge in [0.1, 0.15) is 0 Å². The molecule has 0 aliphatic carbocycles. The maximum absolute atomic E-state index is 10.4. The highest BCUT2D eigenvalue weighted by Gasteiger charge is 2.15. The zero-order valence-corrected chi connectivity index (χ0v) is 6.97. The van der Waals surface area contributed by atoms with Gasteiger partial charge in [-0.3, -0.25) is 10.1 Å². The number of aryl methyl sites for hydroxylation is 1. The van der Waals surface area contributed by atoms with E-state index in [4.69, 9.17) is 10.0 Å². The Kier molecular flexibility index (Phi) is 2.65. The summed E-state index contributed by atoms with van der Waals surface area (Å²) in [6.45, 7) is 1.65. The summed E-state index contributed by atoms with van der Waals surface area (Å²) in [5.74, 6) is 0. The van der Waals surface area contributed by atoms with Gasteiger partial charge in [-0.05, 0) is 17.9 Å². The van der Waals surface area contributed by atoms with Crippen molar-refractivity contribution < 1.29 is 15.0 Å². The molecule has 0 aromatic heterocycles. The van der Waals surface area contributed by atoms with Gasteiger partial charge in [-0.1, -0.05) is 6.07 Å². The van der Waals surface area contributed by atoms with Crippen LogP contribution in [0.4, 0.5) is 5.69 Å². The van der Waals surface area contributed by atoms with Gasteiger partial charge in [0.25, 0.3) is 5.69 Å². The molecule has 1 aromatic carbocycles. The average Bonchev–Trinajstić information content (AvgIpc) is 2.03. The molecule has 0 spiro atoms. The van der Waals surface area contributed by atoms with E-state index in [1.165, 1.54) is 12.1 Å². The Morgan fingerprint density at radius 2 is 2.00 bits per heavy atom. The van der Waals surface area contributed by atoms with Gasteiger partial charge in [-0.25, -0.2) is 0 Å². The zero-order valence-electron chi connectivity index (χ0n) is 6.97. The smallest absolute Gasteiger partial charge is 0.423 e. The Labute approximate surface area is 74.9 Å². The molecule has 0 aliphatic rings. The van der Waals surface area contributed by atoms with Crippen LogP contribution in [0.1, 0.15) is 5.56 Å². The third kappa shape index (κ3) is 2.27. The van der Waals surface area contributed by atoms with Crippen molar-refractivity contribution in [2.24, 2.45) is 0 Å². The molecule has 68 valence electrons. The summed E-state index contributed by atoms with van der Waals surface area (Å²) in [6, 6.07) is 3.99. The van der Waals surface area contributed by atoms with E-state index < -0.39 is 12.0 Å². The highest BCUT2D eigenvalue weighted by atomic mass is 16.6. The molecule has 0 atom stereocenters. The monoisotopic (exact) mass is 181 g/mol. The molecule has 0 saturated carbocycles. The number of rotatable bonds is 2. The summed E-state index contributed by atoms with van der Waals surface area (Å²) in [7, 11) is -1.67. The predicted octanol–water partition coefficient (Wildman–Crippen LogP) is -0.417. The minimum absolute atomic E-state index is 0.131. The number of benzene rings is 1. The second kappa shape index (κ2) is 3.55. The van der Waals surface area contributed by atoms with Crippen molar-refractivity contribution in [3.63, 3.8) is 0 Å². The molecule has 5 nitrogen and oxygen atoms in total. The van der Waals surface area contributed by atoms with Crippen molar-refractivity contribution in [2.45, 2.75) is 6.92 Å². The molecular formula is C7H8BNO4. The molecule has 0 unspecified atom stereocenters. The van der Waals surface area contributed by atoms with Crippen LogP contribution in [0, 0.1) is 17.0 Å². The summed E-state index contributed by atoms with van der Waals surface area (Å²) in [5.41, 5.74) is 0.618. The van der Waals surface area contributed by atoms with Crippen LogP contribution in [0.25, 0.3) is 0 Å². The first kappa shape index (κ1) is 9.69. The van der Waals surface area contributed by atoms with Crippen molar-refractivity contribution in [3.8, 4) is 0 Å². The van der Waals surface area contributed by atoms with Gasteiger partial charge < -0.3 is 10.0 Å². The third-order valence-electron chi connectivity index (χ3n) is 1.59. The topological polar surface area (TPSA) is 83.6 Å². The Balaban J connectivity index is 3.19. The number of nitro benzene ring substituents is 1. The molecule has 13 heavy (non-hydrogen) atoms. The van der Waals surface area contributed by atoms with Crippen molar-refractivity contribution in [2.75, 3.05) is 0 Å². The van der Waals surface area contributed by atoms with Crippen LogP contribution in [0.3, 0.4) is 0 Å². The average molecular weight is 181 g/mol. The molecule has 0 radical (unpaired) electrons. The third-order valence-corrected chi connectivity index (χ3v) is 1.59. The van der Waals surface area contributed by atoms with Crippen LogP contribution in [0.5, 0.6) is 0 Å². The fourth-order valence-corrected chi connectivity index (χ4v) is 1.05. The summed E-state index contributed by atoms with van der Waals surface area (Å²) in [4.78, 5) is 9.80. The highest BCUT2D eigenvalue weighted by Crippen LogP contribution is 2.10. The fourth-order valence-electron chi connectivity index (χ4n) is 1.05. The van der Waals surface area contributed by atoms with Gasteiger partial charge in [0.2, 0.25) is 0 Å². The number of non-ortho nitro benzene ring substituents is 1. The molecule has 1 rings (SSSR count). The highest BCUT2D eigenvalue weighted by molar-refractivity contribution is 6.58. The Bertz CT molecular complexity index is 339. The van der Waals surface area contributed by atoms with E-state index in [1.807, 2.05) is 0 Å². The van der Waals surface area contributed by atoms with Gasteiger partial charge in [0, 0.05) is 12.1 Å². The zero-order chi connectivity index (χ0) is 10.0. The predicted molar refractivity (Wildman–Crippen MR) is 47.7 cm³/mol. The van der Waals surface area contributed by atoms with Crippen LogP contribution in [0.15, 0.2) is 18.2 Å². The van der Waals surface area contributed by atoms with E-state index in [1.54, 1.807) is 6.92 Å². The van der Waals surface area contributed by atoms with Crippen LogP contribution < -0.4 is 5.46 Å². The second-order valence-corrected chi connectivity index (χ2v) is 2.73. The summed E-state index contributed by atoms with van der Waals surface area (Å²) < 4.78 is 0. The molecule has 2 N–H and O–H groups in total. The second-order valence-electron chi connectivity index (χ2n) is 2.73. The fraction of sp³-hybridized carbons (Fsp3) is 0.143. The van der Waals surface area contributed by atoms with E-state index in [2.05, 4.69) is 0 Å². The molecule has 0 saturated heterocycles. The first-order chi connectivity index (χ1) is 6.00. The van der Waals surface area contributed by atoms with E-state index >= 15 is 0 Å². The number of nitro groups is 1. The lowest BCUT2D eigenvalue weighted by Crippen LogP contribution is -2.30. The van der Waals surface area contributed by atoms with Gasteiger partial charge in [-0.2, -0.15) is 0 Å². The summed E-state index contributed by atoms with van der Waals surface area (Å²) in [6.07, 6.45) is 0. The van der Waals surface area contributed by atoms with Crippen LogP contribution in [-0.4, -0.2) is 22.1 Å². The molecule has 6 heteroatoms. The number of hydrogen-bond acceptors (Lipinski definition) is 4. The maximum Gasteiger partial charge on any atom is 0.488 e. The molecular weight excluding hydrogens is 173 g/mol. The van der Waals surface area contributed by atoms with E-state index in [0.29, 0.717) is 5.56 Å². The van der Waals surface area contributed by atoms with Crippen molar-refractivity contribution in [3.05, 3.63) is 33.9 Å². The maximum atomic E-state index is 10.4. The molecule has 0 amide bonds. The molecule has 0 fully saturated rings. The number of hydrogen-bond donors (Lipinski definition) is 2. The summed E-state index contributed by atoms with van der Waals surface area (Å²) in [5, 5.41) is 27.9. The lowest BCUT2D eigenvalue weighted by Gasteiger charge is -2.00. The van der Waals surface area contributed by atoms with Crippen LogP contribution >= 0.6 is 0 Å². The number of nitrogens with zero attached hydrogens (tertiary/aromatic N) is 1. The Morgan fingerprint density at radius 3 is 2.46 bits per heavy atom. The quantitative estimate of drug-likeness (QED) is 0.368. The minimum Gasteiger partial charge on any atom is -0.423 e. The molecule has 0 aliphatic heterocycles. The van der Waals surface area contributed by atoms with E-state index in [-0.39, 0.29) is 11.2 Å². The van der Waals surface area contributed by atoms with Crippen molar-refractivity contribution >= 4 is 18.3 Å². The Hall–Kier alpha value is -1.40. The standard InChI is InChI=1S/C7H8BNO4/c1-5-2-6(8(10)11)4-7(3-5)9(12)13/h2-4,10-11H,1H3. The van der Waals surface area contributed by atoms with Crippen LogP contribution in [-0.2, 0) is 0 Å². The van der Waals surface area contributed by atoms with Gasteiger partial charge in [0.15, 0.2) is 0 Å². The van der Waals surface area contributed by atoms with Gasteiger partial charge in [0.05, 0.1) is 4.92 Å². The molecule has 0 heterocycles. The van der Waals surface area contributed by atoms with Crippen LogP contribution in [0.2, 0.25) is 0 Å². The van der Waals surface area contributed by atoms with E-state index in [0.717, 1.165) is 6.07 Å². The lowest BCUT2D eigenvalue weighted by molar-refractivity contribution is -0.384.